The zero-order chi connectivity index (χ0) is 15.1. The van der Waals surface area contributed by atoms with Gasteiger partial charge >= 0.3 is 0 Å². The summed E-state index contributed by atoms with van der Waals surface area (Å²) in [6, 6.07) is 7.01. The number of ether oxygens (including phenoxy) is 2. The van der Waals surface area contributed by atoms with Gasteiger partial charge in [0, 0.05) is 13.2 Å². The second kappa shape index (κ2) is 8.20. The Hall–Kier alpha value is -1.32. The Morgan fingerprint density at radius 1 is 1.57 bits per heavy atom. The molecule has 114 valence electrons. The SMILES string of the molecule is N#Cc1ccc(Cl)c(NCC(O)COCC2CCCO2)c1. The van der Waals surface area contributed by atoms with Crippen LogP contribution in [0.15, 0.2) is 18.2 Å². The monoisotopic (exact) mass is 310 g/mol. The Labute approximate surface area is 129 Å². The maximum atomic E-state index is 9.87. The Balaban J connectivity index is 1.70. The quantitative estimate of drug-likeness (QED) is 0.807. The van der Waals surface area contributed by atoms with Crippen molar-refractivity contribution in [2.75, 3.05) is 31.7 Å². The van der Waals surface area contributed by atoms with Gasteiger partial charge in [-0.25, -0.2) is 0 Å². The molecule has 1 aliphatic rings. The van der Waals surface area contributed by atoms with E-state index >= 15 is 0 Å². The average molecular weight is 311 g/mol. The number of nitrogens with zero attached hydrogens (tertiary/aromatic N) is 1. The minimum absolute atomic E-state index is 0.159. The van der Waals surface area contributed by atoms with E-state index in [9.17, 15) is 5.11 Å². The van der Waals surface area contributed by atoms with Crippen LogP contribution in [0.2, 0.25) is 5.02 Å². The fraction of sp³-hybridized carbons (Fsp3) is 0.533. The molecule has 0 spiro atoms. The van der Waals surface area contributed by atoms with Gasteiger partial charge in [-0.3, -0.25) is 0 Å². The fourth-order valence-corrected chi connectivity index (χ4v) is 2.31. The first-order valence-electron chi connectivity index (χ1n) is 7.00. The zero-order valence-corrected chi connectivity index (χ0v) is 12.5. The van der Waals surface area contributed by atoms with Crippen molar-refractivity contribution in [3.8, 4) is 6.07 Å². The summed E-state index contributed by atoms with van der Waals surface area (Å²) >= 11 is 6.03. The highest BCUT2D eigenvalue weighted by molar-refractivity contribution is 6.33. The van der Waals surface area contributed by atoms with Crippen LogP contribution < -0.4 is 5.32 Å². The van der Waals surface area contributed by atoms with Crippen molar-refractivity contribution < 1.29 is 14.6 Å². The smallest absolute Gasteiger partial charge is 0.0992 e. The van der Waals surface area contributed by atoms with Crippen LogP contribution >= 0.6 is 11.6 Å². The van der Waals surface area contributed by atoms with Gasteiger partial charge in [0.2, 0.25) is 0 Å². The lowest BCUT2D eigenvalue weighted by Crippen LogP contribution is -2.27. The number of aliphatic hydroxyl groups excluding tert-OH is 1. The standard InChI is InChI=1S/C15H19ClN2O3/c16-14-4-3-11(7-17)6-15(14)18-8-12(19)9-20-10-13-2-1-5-21-13/h3-4,6,12-13,18-19H,1-2,5,8-10H2. The molecule has 0 aromatic heterocycles. The number of rotatable bonds is 7. The van der Waals surface area contributed by atoms with Gasteiger partial charge in [0.05, 0.1) is 47.8 Å². The Morgan fingerprint density at radius 2 is 2.43 bits per heavy atom. The van der Waals surface area contributed by atoms with Gasteiger partial charge in [-0.05, 0) is 31.0 Å². The third-order valence-corrected chi connectivity index (χ3v) is 3.59. The number of hydrogen-bond donors (Lipinski definition) is 2. The normalized spacial score (nSPS) is 19.2. The first-order chi connectivity index (χ1) is 10.2. The Morgan fingerprint density at radius 3 is 3.14 bits per heavy atom. The third kappa shape index (κ3) is 5.18. The molecular weight excluding hydrogens is 292 g/mol. The van der Waals surface area contributed by atoms with Crippen molar-refractivity contribution >= 4 is 17.3 Å². The van der Waals surface area contributed by atoms with Crippen molar-refractivity contribution in [1.29, 1.82) is 5.26 Å². The Bertz CT molecular complexity index is 498. The van der Waals surface area contributed by atoms with Crippen LogP contribution in [0.25, 0.3) is 0 Å². The lowest BCUT2D eigenvalue weighted by molar-refractivity contribution is -0.0137. The molecule has 2 atom stereocenters. The summed E-state index contributed by atoms with van der Waals surface area (Å²) in [6.45, 7) is 1.86. The first kappa shape index (κ1) is 16.1. The molecule has 0 amide bonds. The van der Waals surface area contributed by atoms with Gasteiger partial charge in [0.15, 0.2) is 0 Å². The summed E-state index contributed by atoms with van der Waals surface area (Å²) in [4.78, 5) is 0. The molecule has 2 N–H and O–H groups in total. The maximum absolute atomic E-state index is 9.87. The zero-order valence-electron chi connectivity index (χ0n) is 11.7. The van der Waals surface area contributed by atoms with Crippen LogP contribution in [-0.4, -0.2) is 43.7 Å². The van der Waals surface area contributed by atoms with E-state index in [1.165, 1.54) is 0 Å². The molecule has 1 aromatic carbocycles. The van der Waals surface area contributed by atoms with Crippen LogP contribution in [0.4, 0.5) is 5.69 Å². The minimum Gasteiger partial charge on any atom is -0.389 e. The number of benzene rings is 1. The van der Waals surface area contributed by atoms with Crippen molar-refractivity contribution in [2.45, 2.75) is 25.0 Å². The second-order valence-corrected chi connectivity index (χ2v) is 5.42. The van der Waals surface area contributed by atoms with Crippen LogP contribution in [0, 0.1) is 11.3 Å². The summed E-state index contributed by atoms with van der Waals surface area (Å²) in [5, 5.41) is 22.3. The molecule has 1 aliphatic heterocycles. The molecule has 1 fully saturated rings. The van der Waals surface area contributed by atoms with Crippen molar-refractivity contribution in [3.63, 3.8) is 0 Å². The van der Waals surface area contributed by atoms with Crippen LogP contribution in [-0.2, 0) is 9.47 Å². The molecule has 0 radical (unpaired) electrons. The third-order valence-electron chi connectivity index (χ3n) is 3.26. The molecule has 0 bridgehead atoms. The summed E-state index contributed by atoms with van der Waals surface area (Å²) in [6.07, 6.45) is 1.61. The lowest BCUT2D eigenvalue weighted by atomic mass is 10.2. The van der Waals surface area contributed by atoms with Gasteiger partial charge in [-0.2, -0.15) is 5.26 Å². The summed E-state index contributed by atoms with van der Waals surface area (Å²) in [5.74, 6) is 0. The van der Waals surface area contributed by atoms with E-state index in [0.29, 0.717) is 29.4 Å². The largest absolute Gasteiger partial charge is 0.389 e. The number of hydrogen-bond acceptors (Lipinski definition) is 5. The molecule has 1 aromatic rings. The molecule has 2 rings (SSSR count). The van der Waals surface area contributed by atoms with Crippen molar-refractivity contribution in [3.05, 3.63) is 28.8 Å². The Kier molecular flexibility index (Phi) is 6.27. The van der Waals surface area contributed by atoms with E-state index in [1.54, 1.807) is 18.2 Å². The van der Waals surface area contributed by atoms with Gasteiger partial charge in [0.25, 0.3) is 0 Å². The maximum Gasteiger partial charge on any atom is 0.0992 e. The number of anilines is 1. The number of aliphatic hydroxyl groups is 1. The summed E-state index contributed by atoms with van der Waals surface area (Å²) in [7, 11) is 0. The molecule has 2 unspecified atom stereocenters. The predicted molar refractivity (Wildman–Crippen MR) is 80.5 cm³/mol. The summed E-state index contributed by atoms with van der Waals surface area (Å²) in [5.41, 5.74) is 1.15. The molecule has 1 saturated heterocycles. The molecule has 21 heavy (non-hydrogen) atoms. The lowest BCUT2D eigenvalue weighted by Gasteiger charge is -2.15. The second-order valence-electron chi connectivity index (χ2n) is 5.01. The van der Waals surface area contributed by atoms with E-state index in [0.717, 1.165) is 19.4 Å². The van der Waals surface area contributed by atoms with E-state index in [1.807, 2.05) is 6.07 Å². The van der Waals surface area contributed by atoms with Crippen LogP contribution in [0.5, 0.6) is 0 Å². The van der Waals surface area contributed by atoms with E-state index < -0.39 is 6.10 Å². The molecule has 6 heteroatoms. The molecular formula is C15H19ClN2O3. The van der Waals surface area contributed by atoms with Gasteiger partial charge < -0.3 is 19.9 Å². The molecule has 0 saturated carbocycles. The predicted octanol–water partition coefficient (Wildman–Crippen LogP) is 2.18. The van der Waals surface area contributed by atoms with E-state index in [-0.39, 0.29) is 12.7 Å². The first-order valence-corrected chi connectivity index (χ1v) is 7.38. The highest BCUT2D eigenvalue weighted by Crippen LogP contribution is 2.22. The van der Waals surface area contributed by atoms with Crippen LogP contribution in [0.3, 0.4) is 0 Å². The summed E-state index contributed by atoms with van der Waals surface area (Å²) < 4.78 is 10.9. The van der Waals surface area contributed by atoms with Gasteiger partial charge in [-0.1, -0.05) is 11.6 Å². The molecule has 5 nitrogen and oxygen atoms in total. The fourth-order valence-electron chi connectivity index (χ4n) is 2.13. The number of halogens is 1. The average Bonchev–Trinajstić information content (AvgIpc) is 3.00. The number of nitriles is 1. The van der Waals surface area contributed by atoms with E-state index in [2.05, 4.69) is 5.32 Å². The number of nitrogens with one attached hydrogen (secondary N) is 1. The van der Waals surface area contributed by atoms with Crippen LogP contribution in [0.1, 0.15) is 18.4 Å². The highest BCUT2D eigenvalue weighted by atomic mass is 35.5. The molecule has 0 aliphatic carbocycles. The van der Waals surface area contributed by atoms with Gasteiger partial charge in [-0.15, -0.1) is 0 Å². The van der Waals surface area contributed by atoms with E-state index in [4.69, 9.17) is 26.3 Å². The minimum atomic E-state index is -0.645. The topological polar surface area (TPSA) is 74.5 Å². The van der Waals surface area contributed by atoms with Crippen molar-refractivity contribution in [2.24, 2.45) is 0 Å². The molecule has 1 heterocycles. The van der Waals surface area contributed by atoms with Gasteiger partial charge in [0.1, 0.15) is 0 Å². The highest BCUT2D eigenvalue weighted by Gasteiger charge is 2.16. The van der Waals surface area contributed by atoms with Crippen molar-refractivity contribution in [1.82, 2.24) is 0 Å².